The van der Waals surface area contributed by atoms with Crippen molar-refractivity contribution in [2.24, 2.45) is 0 Å². The highest BCUT2D eigenvalue weighted by Gasteiger charge is 2.46. The number of alkyl halides is 3. The van der Waals surface area contributed by atoms with E-state index < -0.39 is 18.7 Å². The lowest BCUT2D eigenvalue weighted by molar-refractivity contribution is -0.142. The second kappa shape index (κ2) is 10.9. The molecule has 0 aliphatic heterocycles. The third kappa shape index (κ3) is 6.11. The number of benzene rings is 2. The number of halogens is 3. The molecule has 204 valence electrons. The van der Waals surface area contributed by atoms with Gasteiger partial charge in [-0.1, -0.05) is 29.5 Å². The van der Waals surface area contributed by atoms with Crippen molar-refractivity contribution in [2.45, 2.75) is 44.2 Å². The Kier molecular flexibility index (Phi) is 7.38. The molecule has 1 aliphatic carbocycles. The van der Waals surface area contributed by atoms with Gasteiger partial charge in [-0.2, -0.15) is 18.3 Å². The van der Waals surface area contributed by atoms with Crippen LogP contribution in [0.3, 0.4) is 0 Å². The van der Waals surface area contributed by atoms with Gasteiger partial charge in [-0.15, -0.1) is 5.10 Å². The Morgan fingerprint density at radius 3 is 2.54 bits per heavy atom. The molecule has 39 heavy (non-hydrogen) atoms. The number of carbonyl (C=O) groups excluding carboxylic acids is 1. The van der Waals surface area contributed by atoms with Crippen LogP contribution < -0.4 is 4.74 Å². The number of hydrogen-bond acceptors (Lipinski definition) is 7. The summed E-state index contributed by atoms with van der Waals surface area (Å²) in [7, 11) is 2.90. The first kappa shape index (κ1) is 26.4. The van der Waals surface area contributed by atoms with Crippen molar-refractivity contribution >= 4 is 5.97 Å². The molecule has 0 unspecified atom stereocenters. The molecule has 2 aromatic carbocycles. The molecule has 0 bridgehead atoms. The molecule has 12 heteroatoms. The largest absolute Gasteiger partial charge is 0.497 e. The van der Waals surface area contributed by atoms with E-state index >= 15 is 0 Å². The zero-order valence-electron chi connectivity index (χ0n) is 21.3. The minimum Gasteiger partial charge on any atom is -0.497 e. The van der Waals surface area contributed by atoms with Gasteiger partial charge < -0.3 is 14.2 Å². The number of rotatable bonds is 10. The molecular formula is C27H26F3N5O4. The zero-order chi connectivity index (χ0) is 27.6. The summed E-state index contributed by atoms with van der Waals surface area (Å²) >= 11 is 0. The maximum Gasteiger partial charge on any atom is 0.408 e. The topological polar surface area (TPSA) is 93.3 Å². The molecule has 2 atom stereocenters. The van der Waals surface area contributed by atoms with E-state index in [9.17, 15) is 18.0 Å². The Hall–Kier alpha value is -4.19. The number of ether oxygens (including phenoxy) is 3. The Morgan fingerprint density at radius 2 is 1.82 bits per heavy atom. The van der Waals surface area contributed by atoms with E-state index in [0.29, 0.717) is 36.6 Å². The average molecular weight is 542 g/mol. The zero-order valence-corrected chi connectivity index (χ0v) is 21.3. The molecule has 0 N–H and O–H groups in total. The van der Waals surface area contributed by atoms with Crippen molar-refractivity contribution in [3.63, 3.8) is 0 Å². The summed E-state index contributed by atoms with van der Waals surface area (Å²) in [5.41, 5.74) is 3.99. The molecule has 0 spiro atoms. The van der Waals surface area contributed by atoms with Crippen LogP contribution in [0.2, 0.25) is 0 Å². The fourth-order valence-electron chi connectivity index (χ4n) is 4.54. The summed E-state index contributed by atoms with van der Waals surface area (Å²) in [5, 5.41) is 12.0. The maximum absolute atomic E-state index is 12.7. The Bertz CT molecular complexity index is 1450. The molecule has 1 saturated carbocycles. The predicted octanol–water partition coefficient (Wildman–Crippen LogP) is 4.81. The molecule has 4 aromatic rings. The van der Waals surface area contributed by atoms with Crippen LogP contribution >= 0.6 is 0 Å². The van der Waals surface area contributed by atoms with Gasteiger partial charge in [-0.05, 0) is 41.8 Å². The van der Waals surface area contributed by atoms with Crippen LogP contribution in [-0.2, 0) is 29.2 Å². The molecule has 2 aromatic heterocycles. The fourth-order valence-corrected chi connectivity index (χ4v) is 4.54. The first-order valence-corrected chi connectivity index (χ1v) is 12.2. The SMILES string of the molecule is COC(=O)c1cnn(-c2cccc(COCc3ccc(OC)cc3)c2)c1[C@@H]1C[C@H]1c1cn(CC(F)(F)F)nn1. The average Bonchev–Trinajstić information content (AvgIpc) is 3.35. The Labute approximate surface area is 222 Å². The summed E-state index contributed by atoms with van der Waals surface area (Å²) in [5.74, 6) is -0.146. The van der Waals surface area contributed by atoms with Crippen molar-refractivity contribution in [2.75, 3.05) is 14.2 Å². The molecule has 1 aliphatic rings. The fraction of sp³-hybridized carbons (Fsp3) is 0.333. The first-order valence-electron chi connectivity index (χ1n) is 12.2. The number of hydrogen-bond donors (Lipinski definition) is 0. The quantitative estimate of drug-likeness (QED) is 0.266. The van der Waals surface area contributed by atoms with Gasteiger partial charge in [-0.3, -0.25) is 0 Å². The van der Waals surface area contributed by atoms with Gasteiger partial charge in [0.05, 0.1) is 50.7 Å². The molecule has 9 nitrogen and oxygen atoms in total. The summed E-state index contributed by atoms with van der Waals surface area (Å²) in [6, 6.07) is 15.2. The van der Waals surface area contributed by atoms with Crippen LogP contribution in [0.4, 0.5) is 13.2 Å². The van der Waals surface area contributed by atoms with E-state index in [1.807, 2.05) is 48.5 Å². The number of aromatic nitrogens is 5. The molecule has 0 amide bonds. The minimum atomic E-state index is -4.39. The number of esters is 1. The van der Waals surface area contributed by atoms with Crippen LogP contribution in [0.5, 0.6) is 5.75 Å². The third-order valence-electron chi connectivity index (χ3n) is 6.48. The minimum absolute atomic E-state index is 0.187. The molecular weight excluding hydrogens is 515 g/mol. The van der Waals surface area contributed by atoms with Crippen molar-refractivity contribution < 1.29 is 32.2 Å². The summed E-state index contributed by atoms with van der Waals surface area (Å²) < 4.78 is 56.7. The van der Waals surface area contributed by atoms with E-state index in [2.05, 4.69) is 15.4 Å². The summed E-state index contributed by atoms with van der Waals surface area (Å²) in [6.07, 6.45) is -1.06. The van der Waals surface area contributed by atoms with Gasteiger partial charge in [0.25, 0.3) is 0 Å². The van der Waals surface area contributed by atoms with Crippen LogP contribution in [0.15, 0.2) is 60.9 Å². The summed E-state index contributed by atoms with van der Waals surface area (Å²) in [6.45, 7) is -0.433. The summed E-state index contributed by atoms with van der Waals surface area (Å²) in [4.78, 5) is 12.5. The molecule has 1 fully saturated rings. The first-order chi connectivity index (χ1) is 18.8. The standard InChI is InChI=1S/C27H26F3N5O4/c1-37-20-8-6-17(7-9-20)14-39-15-18-4-3-5-19(10-18)35-25(23(12-31-35)26(36)38-2)22-11-21(22)24-13-34(33-32-24)16-27(28,29)30/h3-10,12-13,21-22H,11,14-16H2,1-2H3/t21-,22-/m1/s1. The van der Waals surface area contributed by atoms with Crippen LogP contribution in [0.1, 0.15) is 51.1 Å². The van der Waals surface area contributed by atoms with E-state index in [1.54, 1.807) is 11.8 Å². The van der Waals surface area contributed by atoms with Crippen molar-refractivity contribution in [1.82, 2.24) is 24.8 Å². The normalized spacial score (nSPS) is 16.7. The van der Waals surface area contributed by atoms with Crippen LogP contribution in [-0.4, -0.2) is 51.1 Å². The molecule has 5 rings (SSSR count). The van der Waals surface area contributed by atoms with Gasteiger partial charge in [0, 0.05) is 18.0 Å². The van der Waals surface area contributed by atoms with E-state index in [0.717, 1.165) is 27.2 Å². The van der Waals surface area contributed by atoms with Gasteiger partial charge >= 0.3 is 12.1 Å². The van der Waals surface area contributed by atoms with Crippen LogP contribution in [0.25, 0.3) is 5.69 Å². The van der Waals surface area contributed by atoms with Crippen molar-refractivity contribution in [1.29, 1.82) is 0 Å². The molecule has 0 radical (unpaired) electrons. The van der Waals surface area contributed by atoms with E-state index in [-0.39, 0.29) is 11.8 Å². The van der Waals surface area contributed by atoms with E-state index in [4.69, 9.17) is 14.2 Å². The Balaban J connectivity index is 1.34. The van der Waals surface area contributed by atoms with Crippen molar-refractivity contribution in [3.05, 3.63) is 89.0 Å². The molecule has 0 saturated heterocycles. The van der Waals surface area contributed by atoms with Crippen molar-refractivity contribution in [3.8, 4) is 11.4 Å². The van der Waals surface area contributed by atoms with Gasteiger partial charge in [0.1, 0.15) is 17.9 Å². The highest BCUT2D eigenvalue weighted by atomic mass is 19.4. The monoisotopic (exact) mass is 541 g/mol. The number of carbonyl (C=O) groups is 1. The highest BCUT2D eigenvalue weighted by Crippen LogP contribution is 2.55. The third-order valence-corrected chi connectivity index (χ3v) is 6.48. The predicted molar refractivity (Wildman–Crippen MR) is 133 cm³/mol. The molecule has 2 heterocycles. The maximum atomic E-state index is 12.7. The van der Waals surface area contributed by atoms with Gasteiger partial charge in [0.2, 0.25) is 0 Å². The lowest BCUT2D eigenvalue weighted by Crippen LogP contribution is -2.18. The lowest BCUT2D eigenvalue weighted by atomic mass is 10.1. The van der Waals surface area contributed by atoms with E-state index in [1.165, 1.54) is 19.5 Å². The number of methoxy groups -OCH3 is 2. The van der Waals surface area contributed by atoms with Crippen LogP contribution in [0, 0.1) is 0 Å². The number of nitrogens with zero attached hydrogens (tertiary/aromatic N) is 5. The second-order valence-corrected chi connectivity index (χ2v) is 9.26. The Morgan fingerprint density at radius 1 is 1.05 bits per heavy atom. The van der Waals surface area contributed by atoms with Gasteiger partial charge in [-0.25, -0.2) is 14.2 Å². The van der Waals surface area contributed by atoms with Gasteiger partial charge in [0.15, 0.2) is 0 Å². The highest BCUT2D eigenvalue weighted by molar-refractivity contribution is 5.91. The second-order valence-electron chi connectivity index (χ2n) is 9.26. The lowest BCUT2D eigenvalue weighted by Gasteiger charge is -2.11. The smallest absolute Gasteiger partial charge is 0.408 e.